The smallest absolute Gasteiger partial charge is 0.264 e. The summed E-state index contributed by atoms with van der Waals surface area (Å²) in [4.78, 5) is 25.6. The van der Waals surface area contributed by atoms with E-state index in [9.17, 15) is 18.4 Å². The van der Waals surface area contributed by atoms with Crippen LogP contribution in [0.4, 0.5) is 20.2 Å². The van der Waals surface area contributed by atoms with Crippen LogP contribution >= 0.6 is 0 Å². The minimum atomic E-state index is -0.919. The number of hydrogen-bond donors (Lipinski definition) is 1. The molecule has 7 heteroatoms. The number of anilines is 2. The lowest BCUT2D eigenvalue weighted by Crippen LogP contribution is -2.35. The van der Waals surface area contributed by atoms with Gasteiger partial charge in [0.1, 0.15) is 22.9 Å². The molecule has 0 fully saturated rings. The summed E-state index contributed by atoms with van der Waals surface area (Å²) in [6, 6.07) is 13.9. The van der Waals surface area contributed by atoms with E-state index < -0.39 is 23.1 Å². The molecule has 0 aliphatic carbocycles. The molecule has 0 saturated heterocycles. The fourth-order valence-electron chi connectivity index (χ4n) is 3.37. The first-order valence-electron chi connectivity index (χ1n) is 9.25. The highest BCUT2D eigenvalue weighted by Crippen LogP contribution is 2.38. The molecule has 0 bridgehead atoms. The molecule has 1 heterocycles. The predicted octanol–water partition coefficient (Wildman–Crippen LogP) is 4.55. The molecule has 0 spiro atoms. The van der Waals surface area contributed by atoms with Crippen molar-refractivity contribution in [2.24, 2.45) is 0 Å². The number of ether oxygens (including phenoxy) is 1. The number of halogens is 2. The lowest BCUT2D eigenvalue weighted by Gasteiger charge is -2.27. The Hall–Kier alpha value is -3.74. The Morgan fingerprint density at radius 1 is 1.07 bits per heavy atom. The van der Waals surface area contributed by atoms with Crippen molar-refractivity contribution in [2.75, 3.05) is 23.9 Å². The second kappa shape index (κ2) is 7.59. The van der Waals surface area contributed by atoms with E-state index in [1.54, 1.807) is 36.2 Å². The second-order valence-electron chi connectivity index (χ2n) is 7.00. The summed E-state index contributed by atoms with van der Waals surface area (Å²) in [6.07, 6.45) is 0. The minimum absolute atomic E-state index is 0.0103. The molecular formula is C23H18F2N2O3. The fraction of sp³-hybridized carbons (Fsp3) is 0.130. The fourth-order valence-corrected chi connectivity index (χ4v) is 3.37. The topological polar surface area (TPSA) is 58.6 Å². The Labute approximate surface area is 171 Å². The van der Waals surface area contributed by atoms with Crippen LogP contribution in [0, 0.1) is 18.6 Å². The lowest BCUT2D eigenvalue weighted by molar-refractivity contribution is -0.120. The van der Waals surface area contributed by atoms with Gasteiger partial charge in [-0.3, -0.25) is 9.59 Å². The summed E-state index contributed by atoms with van der Waals surface area (Å²) in [5.41, 5.74) is 3.22. The maximum atomic E-state index is 13.8. The van der Waals surface area contributed by atoms with Gasteiger partial charge >= 0.3 is 0 Å². The van der Waals surface area contributed by atoms with Crippen molar-refractivity contribution in [2.45, 2.75) is 6.92 Å². The van der Waals surface area contributed by atoms with Crippen LogP contribution in [0.15, 0.2) is 54.6 Å². The van der Waals surface area contributed by atoms with Crippen molar-refractivity contribution < 1.29 is 23.1 Å². The van der Waals surface area contributed by atoms with E-state index in [-0.39, 0.29) is 12.5 Å². The zero-order valence-electron chi connectivity index (χ0n) is 16.3. The monoisotopic (exact) mass is 408 g/mol. The summed E-state index contributed by atoms with van der Waals surface area (Å²) in [5, 5.41) is 2.51. The van der Waals surface area contributed by atoms with Crippen molar-refractivity contribution in [1.29, 1.82) is 0 Å². The van der Waals surface area contributed by atoms with Crippen LogP contribution in [-0.4, -0.2) is 25.5 Å². The van der Waals surface area contributed by atoms with Gasteiger partial charge in [0, 0.05) is 12.7 Å². The van der Waals surface area contributed by atoms with E-state index in [0.29, 0.717) is 17.1 Å². The van der Waals surface area contributed by atoms with E-state index in [4.69, 9.17) is 4.74 Å². The zero-order chi connectivity index (χ0) is 21.4. The molecule has 0 atom stereocenters. The molecule has 3 aromatic carbocycles. The SMILES string of the molecule is Cc1cc2c(cc1-c1ccc(NC(=O)c3c(F)cccc3F)cc1)OCC(=O)N2C. The van der Waals surface area contributed by atoms with Gasteiger partial charge in [-0.1, -0.05) is 18.2 Å². The summed E-state index contributed by atoms with van der Waals surface area (Å²) in [5.74, 6) is -2.19. The van der Waals surface area contributed by atoms with Crippen LogP contribution in [0.1, 0.15) is 15.9 Å². The van der Waals surface area contributed by atoms with Gasteiger partial charge in [0.2, 0.25) is 0 Å². The van der Waals surface area contributed by atoms with Crippen LogP contribution in [0.25, 0.3) is 11.1 Å². The Morgan fingerprint density at radius 2 is 1.73 bits per heavy atom. The normalized spacial score (nSPS) is 12.9. The van der Waals surface area contributed by atoms with Crippen molar-refractivity contribution in [3.63, 3.8) is 0 Å². The Bertz CT molecular complexity index is 1140. The average Bonchev–Trinajstić information content (AvgIpc) is 2.71. The molecule has 30 heavy (non-hydrogen) atoms. The number of hydrogen-bond acceptors (Lipinski definition) is 3. The largest absolute Gasteiger partial charge is 0.482 e. The third-order valence-electron chi connectivity index (χ3n) is 5.04. The standard InChI is InChI=1S/C23H18F2N2O3/c1-13-10-19-20(30-12-21(28)27(19)2)11-16(13)14-6-8-15(9-7-14)26-23(29)22-17(24)4-3-5-18(22)25/h3-11H,12H2,1-2H3,(H,26,29). The molecule has 1 aliphatic heterocycles. The first kappa shape index (κ1) is 19.6. The average molecular weight is 408 g/mol. The van der Waals surface area contributed by atoms with Crippen LogP contribution in [0.3, 0.4) is 0 Å². The van der Waals surface area contributed by atoms with Crippen molar-refractivity contribution in [1.82, 2.24) is 0 Å². The van der Waals surface area contributed by atoms with Gasteiger partial charge in [-0.05, 0) is 60.0 Å². The Kier molecular flexibility index (Phi) is 4.95. The maximum absolute atomic E-state index is 13.8. The number of carbonyl (C=O) groups excluding carboxylic acids is 2. The van der Waals surface area contributed by atoms with Crippen LogP contribution < -0.4 is 15.0 Å². The third-order valence-corrected chi connectivity index (χ3v) is 5.04. The maximum Gasteiger partial charge on any atom is 0.264 e. The number of aryl methyl sites for hydroxylation is 1. The second-order valence-corrected chi connectivity index (χ2v) is 7.00. The Morgan fingerprint density at radius 3 is 2.40 bits per heavy atom. The van der Waals surface area contributed by atoms with Crippen molar-refractivity contribution in [3.8, 4) is 16.9 Å². The molecule has 0 unspecified atom stereocenters. The number of amides is 2. The van der Waals surface area contributed by atoms with Crippen LogP contribution in [0.2, 0.25) is 0 Å². The molecule has 0 radical (unpaired) electrons. The highest BCUT2D eigenvalue weighted by molar-refractivity contribution is 6.04. The summed E-state index contributed by atoms with van der Waals surface area (Å²) in [7, 11) is 1.71. The quantitative estimate of drug-likeness (QED) is 0.692. The molecule has 1 N–H and O–H groups in total. The van der Waals surface area contributed by atoms with Gasteiger partial charge in [0.15, 0.2) is 6.61 Å². The number of nitrogens with one attached hydrogen (secondary N) is 1. The minimum Gasteiger partial charge on any atom is -0.482 e. The summed E-state index contributed by atoms with van der Waals surface area (Å²) >= 11 is 0. The number of nitrogens with zero attached hydrogens (tertiary/aromatic N) is 1. The van der Waals surface area contributed by atoms with Crippen molar-refractivity contribution in [3.05, 3.63) is 77.4 Å². The molecule has 1 aliphatic rings. The summed E-state index contributed by atoms with van der Waals surface area (Å²) < 4.78 is 33.1. The van der Waals surface area contributed by atoms with E-state index in [0.717, 1.165) is 28.8 Å². The van der Waals surface area contributed by atoms with E-state index in [1.165, 1.54) is 6.07 Å². The van der Waals surface area contributed by atoms with Gasteiger partial charge in [-0.25, -0.2) is 8.78 Å². The Balaban J connectivity index is 1.59. The summed E-state index contributed by atoms with van der Waals surface area (Å²) in [6.45, 7) is 1.92. The van der Waals surface area contributed by atoms with Gasteiger partial charge in [0.25, 0.3) is 11.8 Å². The predicted molar refractivity (Wildman–Crippen MR) is 110 cm³/mol. The first-order chi connectivity index (χ1) is 14.3. The highest BCUT2D eigenvalue weighted by Gasteiger charge is 2.23. The number of carbonyl (C=O) groups is 2. The molecule has 152 valence electrons. The third kappa shape index (κ3) is 3.50. The molecule has 3 aromatic rings. The van der Waals surface area contributed by atoms with Crippen LogP contribution in [-0.2, 0) is 4.79 Å². The van der Waals surface area contributed by atoms with E-state index >= 15 is 0 Å². The number of likely N-dealkylation sites (N-methyl/N-ethyl adjacent to an activating group) is 1. The number of fused-ring (bicyclic) bond motifs is 1. The number of benzene rings is 3. The van der Waals surface area contributed by atoms with Gasteiger partial charge < -0.3 is 15.0 Å². The zero-order valence-corrected chi connectivity index (χ0v) is 16.3. The molecule has 0 aromatic heterocycles. The van der Waals surface area contributed by atoms with Gasteiger partial charge in [0.05, 0.1) is 5.69 Å². The molecule has 2 amide bonds. The first-order valence-corrected chi connectivity index (χ1v) is 9.25. The molecule has 5 nitrogen and oxygen atoms in total. The number of rotatable bonds is 3. The highest BCUT2D eigenvalue weighted by atomic mass is 19.1. The van der Waals surface area contributed by atoms with Gasteiger partial charge in [-0.2, -0.15) is 0 Å². The van der Waals surface area contributed by atoms with E-state index in [2.05, 4.69) is 5.32 Å². The van der Waals surface area contributed by atoms with Crippen LogP contribution in [0.5, 0.6) is 5.75 Å². The molecule has 4 rings (SSSR count). The van der Waals surface area contributed by atoms with Crippen molar-refractivity contribution >= 4 is 23.2 Å². The molecular weight excluding hydrogens is 390 g/mol. The lowest BCUT2D eigenvalue weighted by atomic mass is 9.98. The van der Waals surface area contributed by atoms with Gasteiger partial charge in [-0.15, -0.1) is 0 Å². The molecule has 0 saturated carbocycles. The van der Waals surface area contributed by atoms with E-state index in [1.807, 2.05) is 19.1 Å².